The van der Waals surface area contributed by atoms with E-state index in [9.17, 15) is 4.79 Å². The Labute approximate surface area is 163 Å². The summed E-state index contributed by atoms with van der Waals surface area (Å²) in [5, 5.41) is 8.59. The predicted octanol–water partition coefficient (Wildman–Crippen LogP) is 1.56. The molecule has 0 unspecified atom stereocenters. The van der Waals surface area contributed by atoms with Crippen molar-refractivity contribution < 1.29 is 9.53 Å². The van der Waals surface area contributed by atoms with E-state index in [0.717, 1.165) is 36.0 Å². The highest BCUT2D eigenvalue weighted by Gasteiger charge is 2.22. The molecular formula is C20H22N6O2. The Balaban J connectivity index is 1.33. The van der Waals surface area contributed by atoms with E-state index in [0.29, 0.717) is 19.5 Å². The van der Waals surface area contributed by atoms with Crippen molar-refractivity contribution in [2.75, 3.05) is 38.2 Å². The molecular weight excluding hydrogens is 356 g/mol. The summed E-state index contributed by atoms with van der Waals surface area (Å²) in [6.07, 6.45) is 5.61. The minimum Gasteiger partial charge on any atom is -0.497 e. The number of hydrogen-bond donors (Lipinski definition) is 0. The van der Waals surface area contributed by atoms with Gasteiger partial charge < -0.3 is 14.5 Å². The number of anilines is 1. The standard InChI is InChI=1S/C20H22N6O2/c1-28-17-4-2-3-16(13-17)14-20(27)25-11-9-24(10-12-25)18-5-6-19(23-22-18)26-8-7-21-15-26/h2-8,13,15H,9-12,14H2,1H3. The summed E-state index contributed by atoms with van der Waals surface area (Å²) in [6.45, 7) is 2.83. The number of benzene rings is 1. The molecule has 0 bridgehead atoms. The van der Waals surface area contributed by atoms with Crippen molar-refractivity contribution >= 4 is 11.7 Å². The minimum atomic E-state index is 0.134. The molecule has 3 heterocycles. The molecule has 0 saturated carbocycles. The Morgan fingerprint density at radius 2 is 1.86 bits per heavy atom. The lowest BCUT2D eigenvalue weighted by atomic mass is 10.1. The lowest BCUT2D eigenvalue weighted by molar-refractivity contribution is -0.130. The van der Waals surface area contributed by atoms with Crippen LogP contribution in [0.5, 0.6) is 5.75 Å². The number of hydrogen-bond acceptors (Lipinski definition) is 6. The average molecular weight is 378 g/mol. The summed E-state index contributed by atoms with van der Waals surface area (Å²) in [7, 11) is 1.63. The molecule has 0 N–H and O–H groups in total. The smallest absolute Gasteiger partial charge is 0.227 e. The second-order valence-electron chi connectivity index (χ2n) is 6.62. The zero-order valence-electron chi connectivity index (χ0n) is 15.7. The second-order valence-corrected chi connectivity index (χ2v) is 6.62. The highest BCUT2D eigenvalue weighted by molar-refractivity contribution is 5.79. The van der Waals surface area contributed by atoms with Crippen molar-refractivity contribution in [2.24, 2.45) is 0 Å². The minimum absolute atomic E-state index is 0.134. The number of imidazole rings is 1. The Morgan fingerprint density at radius 1 is 1.07 bits per heavy atom. The van der Waals surface area contributed by atoms with Gasteiger partial charge in [-0.3, -0.25) is 9.36 Å². The molecule has 1 amide bonds. The van der Waals surface area contributed by atoms with Gasteiger partial charge in [0.25, 0.3) is 0 Å². The highest BCUT2D eigenvalue weighted by atomic mass is 16.5. The van der Waals surface area contributed by atoms with Gasteiger partial charge in [-0.2, -0.15) is 0 Å². The Hall–Kier alpha value is -3.42. The van der Waals surface area contributed by atoms with Crippen molar-refractivity contribution in [3.8, 4) is 11.6 Å². The first kappa shape index (κ1) is 18.0. The van der Waals surface area contributed by atoms with Gasteiger partial charge in [0.05, 0.1) is 13.5 Å². The van der Waals surface area contributed by atoms with E-state index in [1.807, 2.05) is 52.1 Å². The molecule has 1 fully saturated rings. The molecule has 2 aromatic heterocycles. The molecule has 0 atom stereocenters. The summed E-state index contributed by atoms with van der Waals surface area (Å²) in [4.78, 5) is 20.7. The number of carbonyl (C=O) groups is 1. The molecule has 1 saturated heterocycles. The largest absolute Gasteiger partial charge is 0.497 e. The van der Waals surface area contributed by atoms with Crippen molar-refractivity contribution in [1.82, 2.24) is 24.6 Å². The summed E-state index contributed by atoms with van der Waals surface area (Å²) >= 11 is 0. The fourth-order valence-electron chi connectivity index (χ4n) is 3.27. The number of ether oxygens (including phenoxy) is 1. The van der Waals surface area contributed by atoms with E-state index in [2.05, 4.69) is 20.1 Å². The van der Waals surface area contributed by atoms with Crippen LogP contribution in [0.2, 0.25) is 0 Å². The predicted molar refractivity (Wildman–Crippen MR) is 105 cm³/mol. The number of carbonyl (C=O) groups excluding carboxylic acids is 1. The topological polar surface area (TPSA) is 76.4 Å². The third-order valence-corrected chi connectivity index (χ3v) is 4.85. The van der Waals surface area contributed by atoms with Gasteiger partial charge in [0.2, 0.25) is 5.91 Å². The van der Waals surface area contributed by atoms with Crippen LogP contribution in [0.15, 0.2) is 55.1 Å². The summed E-state index contributed by atoms with van der Waals surface area (Å²) in [5.74, 6) is 2.46. The molecule has 0 spiro atoms. The lowest BCUT2D eigenvalue weighted by Crippen LogP contribution is -2.49. The maximum absolute atomic E-state index is 12.6. The SMILES string of the molecule is COc1cccc(CC(=O)N2CCN(c3ccc(-n4ccnc4)nn3)CC2)c1. The number of methoxy groups -OCH3 is 1. The third-order valence-electron chi connectivity index (χ3n) is 4.85. The van der Waals surface area contributed by atoms with Gasteiger partial charge in [0.15, 0.2) is 11.6 Å². The molecule has 28 heavy (non-hydrogen) atoms. The number of amides is 1. The van der Waals surface area contributed by atoms with Gasteiger partial charge in [-0.25, -0.2) is 4.98 Å². The van der Waals surface area contributed by atoms with Crippen LogP contribution < -0.4 is 9.64 Å². The van der Waals surface area contributed by atoms with Crippen LogP contribution in [0.3, 0.4) is 0 Å². The number of aromatic nitrogens is 4. The normalized spacial score (nSPS) is 14.2. The van der Waals surface area contributed by atoms with Crippen LogP contribution in [0.4, 0.5) is 5.82 Å². The summed E-state index contributed by atoms with van der Waals surface area (Å²) < 4.78 is 7.04. The molecule has 0 radical (unpaired) electrons. The molecule has 8 heteroatoms. The third kappa shape index (κ3) is 3.95. The molecule has 1 aliphatic rings. The van der Waals surface area contributed by atoms with E-state index in [-0.39, 0.29) is 5.91 Å². The van der Waals surface area contributed by atoms with E-state index < -0.39 is 0 Å². The molecule has 4 rings (SSSR count). The van der Waals surface area contributed by atoms with Crippen LogP contribution in [0, 0.1) is 0 Å². The van der Waals surface area contributed by atoms with Crippen molar-refractivity contribution in [1.29, 1.82) is 0 Å². The fourth-order valence-corrected chi connectivity index (χ4v) is 3.27. The fraction of sp³-hybridized carbons (Fsp3) is 0.300. The quantitative estimate of drug-likeness (QED) is 0.671. The van der Waals surface area contributed by atoms with Crippen molar-refractivity contribution in [2.45, 2.75) is 6.42 Å². The number of piperazine rings is 1. The van der Waals surface area contributed by atoms with Gasteiger partial charge in [-0.1, -0.05) is 12.1 Å². The highest BCUT2D eigenvalue weighted by Crippen LogP contribution is 2.17. The van der Waals surface area contributed by atoms with E-state index in [1.165, 1.54) is 0 Å². The Kier molecular flexibility index (Phi) is 5.18. The lowest BCUT2D eigenvalue weighted by Gasteiger charge is -2.35. The van der Waals surface area contributed by atoms with Crippen molar-refractivity contribution in [3.05, 3.63) is 60.7 Å². The first-order valence-electron chi connectivity index (χ1n) is 9.20. The van der Waals surface area contributed by atoms with Crippen molar-refractivity contribution in [3.63, 3.8) is 0 Å². The van der Waals surface area contributed by atoms with E-state index >= 15 is 0 Å². The van der Waals surface area contributed by atoms with Gasteiger partial charge in [-0.15, -0.1) is 10.2 Å². The molecule has 3 aromatic rings. The van der Waals surface area contributed by atoms with Crippen LogP contribution in [-0.4, -0.2) is 63.8 Å². The van der Waals surface area contributed by atoms with Crippen LogP contribution >= 0.6 is 0 Å². The van der Waals surface area contributed by atoms with Gasteiger partial charge in [-0.05, 0) is 29.8 Å². The molecule has 1 aliphatic heterocycles. The zero-order chi connectivity index (χ0) is 19.3. The van der Waals surface area contributed by atoms with Gasteiger partial charge in [0, 0.05) is 38.6 Å². The number of nitrogens with zero attached hydrogens (tertiary/aromatic N) is 6. The summed E-state index contributed by atoms with van der Waals surface area (Å²) in [5.41, 5.74) is 0.965. The zero-order valence-corrected chi connectivity index (χ0v) is 15.7. The molecule has 144 valence electrons. The van der Waals surface area contributed by atoms with Gasteiger partial charge in [0.1, 0.15) is 12.1 Å². The van der Waals surface area contributed by atoms with Gasteiger partial charge >= 0.3 is 0 Å². The maximum atomic E-state index is 12.6. The molecule has 0 aliphatic carbocycles. The maximum Gasteiger partial charge on any atom is 0.227 e. The Bertz CT molecular complexity index is 918. The Morgan fingerprint density at radius 3 is 2.54 bits per heavy atom. The average Bonchev–Trinajstić information content (AvgIpc) is 3.29. The first-order valence-corrected chi connectivity index (χ1v) is 9.20. The molecule has 1 aromatic carbocycles. The first-order chi connectivity index (χ1) is 13.7. The van der Waals surface area contributed by atoms with E-state index in [1.54, 1.807) is 19.6 Å². The second kappa shape index (κ2) is 8.08. The molecule has 8 nitrogen and oxygen atoms in total. The van der Waals surface area contributed by atoms with Crippen LogP contribution in [-0.2, 0) is 11.2 Å². The number of rotatable bonds is 5. The summed E-state index contributed by atoms with van der Waals surface area (Å²) in [6, 6.07) is 11.5. The van der Waals surface area contributed by atoms with E-state index in [4.69, 9.17) is 4.74 Å². The van der Waals surface area contributed by atoms with Crippen LogP contribution in [0.25, 0.3) is 5.82 Å². The monoisotopic (exact) mass is 378 g/mol. The van der Waals surface area contributed by atoms with Crippen LogP contribution in [0.1, 0.15) is 5.56 Å².